The zero-order valence-corrected chi connectivity index (χ0v) is 16.1. The summed E-state index contributed by atoms with van der Waals surface area (Å²) in [6, 6.07) is 0.294. The molecule has 0 fully saturated rings. The van der Waals surface area contributed by atoms with E-state index in [0.29, 0.717) is 24.2 Å². The van der Waals surface area contributed by atoms with Gasteiger partial charge in [0.1, 0.15) is 11.6 Å². The second-order valence-corrected chi connectivity index (χ2v) is 6.60. The fourth-order valence-corrected chi connectivity index (χ4v) is 2.26. The van der Waals surface area contributed by atoms with Crippen molar-refractivity contribution in [3.05, 3.63) is 59.8 Å². The van der Waals surface area contributed by atoms with Crippen molar-refractivity contribution >= 4 is 0 Å². The Kier molecular flexibility index (Phi) is 9.93. The number of nitrogens with one attached hydrogen (secondary N) is 2. The van der Waals surface area contributed by atoms with Gasteiger partial charge < -0.3 is 15.4 Å². The van der Waals surface area contributed by atoms with E-state index in [1.165, 1.54) is 6.08 Å². The Morgan fingerprint density at radius 3 is 2.76 bits per heavy atom. The normalized spacial score (nSPS) is 18.3. The van der Waals surface area contributed by atoms with Crippen LogP contribution in [0, 0.1) is 5.92 Å². The van der Waals surface area contributed by atoms with Crippen LogP contribution in [0.5, 0.6) is 0 Å². The minimum atomic E-state index is -0.262. The summed E-state index contributed by atoms with van der Waals surface area (Å²) in [4.78, 5) is 0. The monoisotopic (exact) mass is 348 g/mol. The molecule has 3 nitrogen and oxygen atoms in total. The first-order valence-corrected chi connectivity index (χ1v) is 9.16. The molecule has 1 aliphatic carbocycles. The highest BCUT2D eigenvalue weighted by atomic mass is 19.1. The van der Waals surface area contributed by atoms with Crippen LogP contribution in [-0.4, -0.2) is 25.7 Å². The van der Waals surface area contributed by atoms with Gasteiger partial charge in [-0.15, -0.1) is 0 Å². The fourth-order valence-electron chi connectivity index (χ4n) is 2.26. The van der Waals surface area contributed by atoms with Crippen LogP contribution in [0.15, 0.2) is 59.8 Å². The van der Waals surface area contributed by atoms with Gasteiger partial charge in [0, 0.05) is 19.1 Å². The Morgan fingerprint density at radius 1 is 1.44 bits per heavy atom. The van der Waals surface area contributed by atoms with E-state index in [2.05, 4.69) is 43.2 Å². The predicted octanol–water partition coefficient (Wildman–Crippen LogP) is 4.77. The molecule has 2 N–H and O–H groups in total. The molecule has 1 aliphatic rings. The lowest BCUT2D eigenvalue weighted by Crippen LogP contribution is -2.34. The van der Waals surface area contributed by atoms with Gasteiger partial charge in [-0.25, -0.2) is 4.39 Å². The van der Waals surface area contributed by atoms with Crippen LogP contribution in [0.2, 0.25) is 0 Å². The molecule has 0 aromatic carbocycles. The van der Waals surface area contributed by atoms with Gasteiger partial charge >= 0.3 is 0 Å². The number of allylic oxidation sites excluding steroid dienone is 5. The Labute approximate surface area is 152 Å². The lowest BCUT2D eigenvalue weighted by Gasteiger charge is -2.19. The number of hydrogen-bond acceptors (Lipinski definition) is 3. The van der Waals surface area contributed by atoms with E-state index in [-0.39, 0.29) is 5.83 Å². The molecule has 1 rings (SSSR count). The van der Waals surface area contributed by atoms with E-state index in [9.17, 15) is 4.39 Å². The molecule has 0 radical (unpaired) electrons. The molecule has 4 heteroatoms. The van der Waals surface area contributed by atoms with Crippen LogP contribution >= 0.6 is 0 Å². The minimum absolute atomic E-state index is 0.262. The first-order valence-electron chi connectivity index (χ1n) is 9.16. The third-order valence-corrected chi connectivity index (χ3v) is 3.83. The maximum atomic E-state index is 14.1. The van der Waals surface area contributed by atoms with Crippen molar-refractivity contribution in [2.24, 2.45) is 5.92 Å². The Hall–Kier alpha value is -1.81. The van der Waals surface area contributed by atoms with Crippen molar-refractivity contribution < 1.29 is 9.13 Å². The second-order valence-electron chi connectivity index (χ2n) is 6.60. The largest absolute Gasteiger partial charge is 0.494 e. The molecule has 0 bridgehead atoms. The molecule has 0 saturated heterocycles. The van der Waals surface area contributed by atoms with Crippen LogP contribution in [0.4, 0.5) is 4.39 Å². The SMILES string of the molecule is C=C(/C=C(F)\C(=C/C)NCCN[C@H]1C=CC(OCC(C)C)=CC1)CC. The lowest BCUT2D eigenvalue weighted by atomic mass is 10.1. The predicted molar refractivity (Wildman–Crippen MR) is 105 cm³/mol. The fraction of sp³-hybridized carbons (Fsp3) is 0.524. The summed E-state index contributed by atoms with van der Waals surface area (Å²) in [5.41, 5.74) is 1.30. The Bertz CT molecular complexity index is 544. The Balaban J connectivity index is 2.29. The highest BCUT2D eigenvalue weighted by molar-refractivity contribution is 5.30. The molecular formula is C21H33FN2O. The van der Waals surface area contributed by atoms with Gasteiger partial charge in [0.25, 0.3) is 0 Å². The van der Waals surface area contributed by atoms with E-state index in [1.807, 2.05) is 19.9 Å². The van der Waals surface area contributed by atoms with Crippen molar-refractivity contribution in [1.29, 1.82) is 0 Å². The Morgan fingerprint density at radius 2 is 2.20 bits per heavy atom. The molecule has 0 spiro atoms. The highest BCUT2D eigenvalue weighted by Crippen LogP contribution is 2.14. The van der Waals surface area contributed by atoms with Crippen LogP contribution in [0.25, 0.3) is 0 Å². The number of ether oxygens (including phenoxy) is 1. The molecule has 0 heterocycles. The summed E-state index contributed by atoms with van der Waals surface area (Å²) in [6.07, 6.45) is 11.1. The summed E-state index contributed by atoms with van der Waals surface area (Å²) in [5, 5.41) is 6.57. The van der Waals surface area contributed by atoms with Crippen LogP contribution in [0.3, 0.4) is 0 Å². The summed E-state index contributed by atoms with van der Waals surface area (Å²) < 4.78 is 19.8. The van der Waals surface area contributed by atoms with Gasteiger partial charge in [0.2, 0.25) is 0 Å². The van der Waals surface area contributed by atoms with Gasteiger partial charge in [-0.3, -0.25) is 0 Å². The number of halogens is 1. The molecule has 1 atom stereocenters. The summed E-state index contributed by atoms with van der Waals surface area (Å²) in [5.74, 6) is 1.22. The molecule has 0 aliphatic heterocycles. The standard InChI is InChI=1S/C21H33FN2O/c1-6-17(5)14-20(22)21(7-2)24-13-12-23-18-8-10-19(11-9-18)25-15-16(3)4/h7-8,10-11,14,16,18,23-24H,5-6,9,12-13,15H2,1-4H3/b20-14+,21-7+/t18-/m0/s1. The topological polar surface area (TPSA) is 33.3 Å². The third kappa shape index (κ3) is 8.73. The van der Waals surface area contributed by atoms with Crippen molar-refractivity contribution in [1.82, 2.24) is 10.6 Å². The van der Waals surface area contributed by atoms with E-state index in [0.717, 1.165) is 37.3 Å². The van der Waals surface area contributed by atoms with Gasteiger partial charge in [-0.1, -0.05) is 45.1 Å². The van der Waals surface area contributed by atoms with Gasteiger partial charge in [-0.2, -0.15) is 0 Å². The van der Waals surface area contributed by atoms with E-state index < -0.39 is 0 Å². The maximum Gasteiger partial charge on any atom is 0.146 e. The smallest absolute Gasteiger partial charge is 0.146 e. The zero-order valence-electron chi connectivity index (χ0n) is 16.1. The van der Waals surface area contributed by atoms with E-state index in [4.69, 9.17) is 4.74 Å². The zero-order chi connectivity index (χ0) is 18.7. The van der Waals surface area contributed by atoms with Gasteiger partial charge in [0.15, 0.2) is 0 Å². The number of hydrogen-bond donors (Lipinski definition) is 2. The molecule has 0 aromatic heterocycles. The average molecular weight is 349 g/mol. The summed E-state index contributed by atoms with van der Waals surface area (Å²) in [6.45, 7) is 14.0. The van der Waals surface area contributed by atoms with E-state index >= 15 is 0 Å². The average Bonchev–Trinajstić information content (AvgIpc) is 2.60. The second kappa shape index (κ2) is 11.7. The molecule has 0 unspecified atom stereocenters. The number of rotatable bonds is 11. The quantitative estimate of drug-likeness (QED) is 0.417. The van der Waals surface area contributed by atoms with Crippen LogP contribution in [0.1, 0.15) is 40.5 Å². The summed E-state index contributed by atoms with van der Waals surface area (Å²) in [7, 11) is 0. The van der Waals surface area contributed by atoms with Crippen molar-refractivity contribution in [2.75, 3.05) is 19.7 Å². The molecular weight excluding hydrogens is 315 g/mol. The van der Waals surface area contributed by atoms with Gasteiger partial charge in [-0.05, 0) is 43.9 Å². The molecule has 0 saturated carbocycles. The van der Waals surface area contributed by atoms with Crippen LogP contribution < -0.4 is 10.6 Å². The van der Waals surface area contributed by atoms with Crippen LogP contribution in [-0.2, 0) is 4.74 Å². The molecule has 0 aromatic rings. The molecule has 0 amide bonds. The lowest BCUT2D eigenvalue weighted by molar-refractivity contribution is 0.187. The first-order chi connectivity index (χ1) is 12.0. The molecule has 25 heavy (non-hydrogen) atoms. The molecule has 140 valence electrons. The van der Waals surface area contributed by atoms with Crippen molar-refractivity contribution in [3.8, 4) is 0 Å². The third-order valence-electron chi connectivity index (χ3n) is 3.83. The van der Waals surface area contributed by atoms with Crippen molar-refractivity contribution in [2.45, 2.75) is 46.6 Å². The van der Waals surface area contributed by atoms with Crippen molar-refractivity contribution in [3.63, 3.8) is 0 Å². The minimum Gasteiger partial charge on any atom is -0.494 e. The van der Waals surface area contributed by atoms with E-state index in [1.54, 1.807) is 6.08 Å². The highest BCUT2D eigenvalue weighted by Gasteiger charge is 2.09. The maximum absolute atomic E-state index is 14.1. The first kappa shape index (κ1) is 21.2. The van der Waals surface area contributed by atoms with Gasteiger partial charge in [0.05, 0.1) is 12.3 Å². The summed E-state index contributed by atoms with van der Waals surface area (Å²) >= 11 is 0.